The zero-order valence-corrected chi connectivity index (χ0v) is 13.3. The van der Waals surface area contributed by atoms with Crippen LogP contribution in [0.5, 0.6) is 0 Å². The molecule has 0 fully saturated rings. The molecule has 2 aromatic rings. The summed E-state index contributed by atoms with van der Waals surface area (Å²) in [7, 11) is 4.22. The molecule has 1 aromatic heterocycles. The molecule has 5 nitrogen and oxygen atoms in total. The zero-order valence-electron chi connectivity index (χ0n) is 13.3. The summed E-state index contributed by atoms with van der Waals surface area (Å²) < 4.78 is 1.77. The molecule has 21 heavy (non-hydrogen) atoms. The van der Waals surface area contributed by atoms with E-state index in [9.17, 15) is 0 Å². The van der Waals surface area contributed by atoms with Gasteiger partial charge in [0.1, 0.15) is 12.7 Å². The largest absolute Gasteiger partial charge is 0.309 e. The van der Waals surface area contributed by atoms with Crippen LogP contribution in [-0.4, -0.2) is 46.3 Å². The molecule has 0 aliphatic heterocycles. The molecule has 1 N–H and O–H groups in total. The molecule has 0 saturated carbocycles. The van der Waals surface area contributed by atoms with Crippen LogP contribution in [0.15, 0.2) is 36.9 Å². The molecular weight excluding hydrogens is 262 g/mol. The van der Waals surface area contributed by atoms with Gasteiger partial charge in [0.25, 0.3) is 0 Å². The Morgan fingerprint density at radius 1 is 1.19 bits per heavy atom. The van der Waals surface area contributed by atoms with Crippen LogP contribution < -0.4 is 5.32 Å². The standard InChI is InChI=1S/C16H25N5/c1-13(9-10-20(3)4)19-14(2)15-5-7-16(8-6-15)21-12-17-11-18-21/h5-8,11-14,19H,9-10H2,1-4H3/t13-,14-/m1/s1. The van der Waals surface area contributed by atoms with Crippen molar-refractivity contribution in [3.8, 4) is 5.69 Å². The van der Waals surface area contributed by atoms with Gasteiger partial charge in [0.05, 0.1) is 5.69 Å². The highest BCUT2D eigenvalue weighted by Crippen LogP contribution is 2.16. The first-order chi connectivity index (χ1) is 10.1. The van der Waals surface area contributed by atoms with Gasteiger partial charge in [-0.15, -0.1) is 0 Å². The lowest BCUT2D eigenvalue weighted by Gasteiger charge is -2.22. The van der Waals surface area contributed by atoms with Crippen molar-refractivity contribution < 1.29 is 0 Å². The van der Waals surface area contributed by atoms with Crippen molar-refractivity contribution >= 4 is 0 Å². The van der Waals surface area contributed by atoms with Gasteiger partial charge < -0.3 is 10.2 Å². The molecule has 2 atom stereocenters. The summed E-state index contributed by atoms with van der Waals surface area (Å²) in [4.78, 5) is 6.18. The van der Waals surface area contributed by atoms with Crippen LogP contribution >= 0.6 is 0 Å². The Morgan fingerprint density at radius 2 is 1.90 bits per heavy atom. The maximum Gasteiger partial charge on any atom is 0.138 e. The smallest absolute Gasteiger partial charge is 0.138 e. The highest BCUT2D eigenvalue weighted by atomic mass is 15.3. The highest BCUT2D eigenvalue weighted by molar-refractivity contribution is 5.34. The minimum absolute atomic E-state index is 0.340. The van der Waals surface area contributed by atoms with Crippen LogP contribution in [-0.2, 0) is 0 Å². The summed E-state index contributed by atoms with van der Waals surface area (Å²) in [5.41, 5.74) is 2.32. The van der Waals surface area contributed by atoms with Gasteiger partial charge >= 0.3 is 0 Å². The van der Waals surface area contributed by atoms with Crippen molar-refractivity contribution in [2.45, 2.75) is 32.4 Å². The fourth-order valence-electron chi connectivity index (χ4n) is 2.32. The predicted molar refractivity (Wildman–Crippen MR) is 85.5 cm³/mol. The Hall–Kier alpha value is -1.72. The highest BCUT2D eigenvalue weighted by Gasteiger charge is 2.10. The average molecular weight is 287 g/mol. The first-order valence-corrected chi connectivity index (χ1v) is 7.42. The van der Waals surface area contributed by atoms with Crippen LogP contribution in [0.4, 0.5) is 0 Å². The van der Waals surface area contributed by atoms with Gasteiger partial charge in [-0.1, -0.05) is 12.1 Å². The third-order valence-corrected chi connectivity index (χ3v) is 3.62. The van der Waals surface area contributed by atoms with Crippen LogP contribution in [0, 0.1) is 0 Å². The number of rotatable bonds is 7. The third-order valence-electron chi connectivity index (χ3n) is 3.62. The monoisotopic (exact) mass is 287 g/mol. The molecule has 0 aliphatic rings. The number of aromatic nitrogens is 3. The molecule has 2 rings (SSSR count). The van der Waals surface area contributed by atoms with Crippen molar-refractivity contribution in [1.82, 2.24) is 25.0 Å². The number of benzene rings is 1. The Labute approximate surface area is 127 Å². The predicted octanol–water partition coefficient (Wildman–Crippen LogP) is 2.26. The SMILES string of the molecule is C[C@H](CCN(C)C)N[C@H](C)c1ccc(-n2cncn2)cc1. The van der Waals surface area contributed by atoms with E-state index in [1.807, 2.05) is 0 Å². The van der Waals surface area contributed by atoms with Crippen LogP contribution in [0.2, 0.25) is 0 Å². The molecule has 5 heteroatoms. The fourth-order valence-corrected chi connectivity index (χ4v) is 2.32. The van der Waals surface area contributed by atoms with Gasteiger partial charge in [0.15, 0.2) is 0 Å². The summed E-state index contributed by atoms with van der Waals surface area (Å²) in [5, 5.41) is 7.78. The van der Waals surface area contributed by atoms with E-state index in [0.717, 1.165) is 18.7 Å². The van der Waals surface area contributed by atoms with Crippen LogP contribution in [0.1, 0.15) is 31.9 Å². The second-order valence-electron chi connectivity index (χ2n) is 5.81. The average Bonchev–Trinajstić information content (AvgIpc) is 2.99. The normalized spacial score (nSPS) is 14.3. The summed E-state index contributed by atoms with van der Waals surface area (Å²) in [6, 6.07) is 9.28. The first kappa shape index (κ1) is 15.7. The minimum atomic E-state index is 0.340. The zero-order chi connectivity index (χ0) is 15.2. The molecule has 0 saturated heterocycles. The molecule has 0 spiro atoms. The maximum atomic E-state index is 4.14. The third kappa shape index (κ3) is 4.65. The van der Waals surface area contributed by atoms with Crippen molar-refractivity contribution in [2.24, 2.45) is 0 Å². The fraction of sp³-hybridized carbons (Fsp3) is 0.500. The number of nitrogens with zero attached hydrogens (tertiary/aromatic N) is 4. The molecule has 0 bridgehead atoms. The summed E-state index contributed by atoms with van der Waals surface area (Å²) >= 11 is 0. The van der Waals surface area contributed by atoms with E-state index in [1.165, 1.54) is 5.56 Å². The van der Waals surface area contributed by atoms with Crippen molar-refractivity contribution in [3.05, 3.63) is 42.5 Å². The van der Waals surface area contributed by atoms with Crippen LogP contribution in [0.25, 0.3) is 5.69 Å². The Balaban J connectivity index is 1.92. The summed E-state index contributed by atoms with van der Waals surface area (Å²) in [6.07, 6.45) is 4.40. The summed E-state index contributed by atoms with van der Waals surface area (Å²) in [5.74, 6) is 0. The van der Waals surface area contributed by atoms with E-state index < -0.39 is 0 Å². The van der Waals surface area contributed by atoms with Gasteiger partial charge in [-0.3, -0.25) is 0 Å². The van der Waals surface area contributed by atoms with Gasteiger partial charge in [0.2, 0.25) is 0 Å². The first-order valence-electron chi connectivity index (χ1n) is 7.42. The Bertz CT molecular complexity index is 518. The quantitative estimate of drug-likeness (QED) is 0.848. The molecule has 0 unspecified atom stereocenters. The Kier molecular flexibility index (Phi) is 5.47. The van der Waals surface area contributed by atoms with E-state index in [-0.39, 0.29) is 0 Å². The van der Waals surface area contributed by atoms with Gasteiger partial charge in [-0.2, -0.15) is 5.10 Å². The molecular formula is C16H25N5. The maximum absolute atomic E-state index is 4.14. The number of nitrogens with one attached hydrogen (secondary N) is 1. The lowest BCUT2D eigenvalue weighted by molar-refractivity contribution is 0.354. The van der Waals surface area contributed by atoms with Crippen molar-refractivity contribution in [2.75, 3.05) is 20.6 Å². The van der Waals surface area contributed by atoms with Gasteiger partial charge in [-0.05, 0) is 58.6 Å². The van der Waals surface area contributed by atoms with Gasteiger partial charge in [0, 0.05) is 12.1 Å². The lowest BCUT2D eigenvalue weighted by Crippen LogP contribution is -2.31. The summed E-state index contributed by atoms with van der Waals surface area (Å²) in [6.45, 7) is 5.55. The number of hydrogen-bond donors (Lipinski definition) is 1. The second-order valence-corrected chi connectivity index (χ2v) is 5.81. The van der Waals surface area contributed by atoms with Crippen molar-refractivity contribution in [3.63, 3.8) is 0 Å². The molecule has 0 amide bonds. The van der Waals surface area contributed by atoms with E-state index in [1.54, 1.807) is 17.3 Å². The molecule has 0 aliphatic carbocycles. The van der Waals surface area contributed by atoms with Gasteiger partial charge in [-0.25, -0.2) is 9.67 Å². The lowest BCUT2D eigenvalue weighted by atomic mass is 10.1. The van der Waals surface area contributed by atoms with E-state index >= 15 is 0 Å². The molecule has 114 valence electrons. The van der Waals surface area contributed by atoms with E-state index in [2.05, 4.69) is 72.5 Å². The van der Waals surface area contributed by atoms with Crippen molar-refractivity contribution in [1.29, 1.82) is 0 Å². The molecule has 0 radical (unpaired) electrons. The van der Waals surface area contributed by atoms with E-state index in [4.69, 9.17) is 0 Å². The molecule has 1 aromatic carbocycles. The number of hydrogen-bond acceptors (Lipinski definition) is 4. The molecule has 1 heterocycles. The van der Waals surface area contributed by atoms with Crippen LogP contribution in [0.3, 0.4) is 0 Å². The Morgan fingerprint density at radius 3 is 2.48 bits per heavy atom. The minimum Gasteiger partial charge on any atom is -0.309 e. The topological polar surface area (TPSA) is 46.0 Å². The van der Waals surface area contributed by atoms with E-state index in [0.29, 0.717) is 12.1 Å². The second kappa shape index (κ2) is 7.33.